The molecule has 0 radical (unpaired) electrons. The van der Waals surface area contributed by atoms with Crippen LogP contribution in [0.3, 0.4) is 0 Å². The molecular weight excluding hydrogens is 351 g/mol. The predicted molar refractivity (Wildman–Crippen MR) is 79.2 cm³/mol. The first-order valence-electron chi connectivity index (χ1n) is 6.45. The summed E-state index contributed by atoms with van der Waals surface area (Å²) in [6, 6.07) is 6.09. The molecule has 0 fully saturated rings. The van der Waals surface area contributed by atoms with Crippen molar-refractivity contribution in [3.05, 3.63) is 56.5 Å². The highest BCUT2D eigenvalue weighted by atomic mass is 32.2. The van der Waals surface area contributed by atoms with Crippen LogP contribution in [-0.2, 0) is 6.18 Å². The van der Waals surface area contributed by atoms with E-state index in [4.69, 9.17) is 4.74 Å². The van der Waals surface area contributed by atoms with Crippen molar-refractivity contribution in [1.82, 2.24) is 9.97 Å². The SMILES string of the molecule is O=c1cc(C(F)(F)F)nc(SCCOc2ccccc2[N+](=O)[O-])[nH]1. The number of nitro groups is 1. The van der Waals surface area contributed by atoms with Gasteiger partial charge in [0, 0.05) is 17.9 Å². The van der Waals surface area contributed by atoms with E-state index in [1.54, 1.807) is 6.07 Å². The summed E-state index contributed by atoms with van der Waals surface area (Å²) in [6.07, 6.45) is -4.72. The quantitative estimate of drug-likeness (QED) is 0.279. The standard InChI is InChI=1S/C13H10F3N3O4S/c14-13(15,16)10-7-11(20)18-12(17-10)24-6-5-23-9-4-2-1-3-8(9)19(21)22/h1-4,7H,5-6H2,(H,17,18,20). The van der Waals surface area contributed by atoms with E-state index in [1.165, 1.54) is 18.2 Å². The van der Waals surface area contributed by atoms with E-state index in [-0.39, 0.29) is 29.0 Å². The molecule has 0 aliphatic rings. The highest BCUT2D eigenvalue weighted by molar-refractivity contribution is 7.99. The van der Waals surface area contributed by atoms with E-state index in [0.29, 0.717) is 6.07 Å². The maximum Gasteiger partial charge on any atom is 0.433 e. The Morgan fingerprint density at radius 2 is 2.04 bits per heavy atom. The number of thioether (sulfide) groups is 1. The number of alkyl halides is 3. The van der Waals surface area contributed by atoms with Gasteiger partial charge in [-0.15, -0.1) is 0 Å². The van der Waals surface area contributed by atoms with Crippen molar-refractivity contribution in [2.75, 3.05) is 12.4 Å². The maximum absolute atomic E-state index is 12.6. The minimum absolute atomic E-state index is 0.0184. The molecule has 0 saturated carbocycles. The molecule has 11 heteroatoms. The normalized spacial score (nSPS) is 11.3. The Kier molecular flexibility index (Phi) is 5.44. The summed E-state index contributed by atoms with van der Waals surface area (Å²) < 4.78 is 42.9. The molecule has 0 aliphatic heterocycles. The number of nitro benzene ring substituents is 1. The average Bonchev–Trinajstić information content (AvgIpc) is 2.50. The fraction of sp³-hybridized carbons (Fsp3) is 0.231. The van der Waals surface area contributed by atoms with Gasteiger partial charge in [0.15, 0.2) is 16.6 Å². The molecule has 0 amide bonds. The van der Waals surface area contributed by atoms with Crippen LogP contribution in [-0.4, -0.2) is 27.3 Å². The van der Waals surface area contributed by atoms with Crippen molar-refractivity contribution in [3.8, 4) is 5.75 Å². The monoisotopic (exact) mass is 361 g/mol. The zero-order valence-corrected chi connectivity index (χ0v) is 12.7. The van der Waals surface area contributed by atoms with Gasteiger partial charge in [0.1, 0.15) is 0 Å². The first kappa shape index (κ1) is 17.8. The van der Waals surface area contributed by atoms with Gasteiger partial charge in [0.05, 0.1) is 11.5 Å². The highest BCUT2D eigenvalue weighted by Gasteiger charge is 2.33. The fourth-order valence-electron chi connectivity index (χ4n) is 1.67. The molecule has 128 valence electrons. The summed E-state index contributed by atoms with van der Waals surface area (Å²) in [6.45, 7) is -0.0184. The minimum Gasteiger partial charge on any atom is -0.486 e. The van der Waals surface area contributed by atoms with Crippen molar-refractivity contribution in [2.24, 2.45) is 0 Å². The number of aromatic amines is 1. The van der Waals surface area contributed by atoms with Crippen LogP contribution in [0.4, 0.5) is 18.9 Å². The van der Waals surface area contributed by atoms with E-state index in [0.717, 1.165) is 11.8 Å². The lowest BCUT2D eigenvalue weighted by molar-refractivity contribution is -0.385. The second kappa shape index (κ2) is 7.34. The van der Waals surface area contributed by atoms with Gasteiger partial charge in [-0.1, -0.05) is 23.9 Å². The molecule has 0 bridgehead atoms. The Labute approximate surface area is 137 Å². The summed E-state index contributed by atoms with van der Waals surface area (Å²) in [4.78, 5) is 26.9. The van der Waals surface area contributed by atoms with Crippen molar-refractivity contribution in [3.63, 3.8) is 0 Å². The summed E-state index contributed by atoms with van der Waals surface area (Å²) in [5.41, 5.74) is -2.42. The number of para-hydroxylation sites is 2. The number of nitrogens with one attached hydrogen (secondary N) is 1. The molecule has 1 aromatic carbocycles. The van der Waals surface area contributed by atoms with Crippen LogP contribution in [0.5, 0.6) is 5.75 Å². The maximum atomic E-state index is 12.6. The van der Waals surface area contributed by atoms with E-state index in [2.05, 4.69) is 9.97 Å². The lowest BCUT2D eigenvalue weighted by Gasteiger charge is -2.08. The van der Waals surface area contributed by atoms with Gasteiger partial charge in [-0.05, 0) is 6.07 Å². The van der Waals surface area contributed by atoms with Crippen LogP contribution < -0.4 is 10.3 Å². The van der Waals surface area contributed by atoms with E-state index in [1.807, 2.05) is 0 Å². The third-order valence-corrected chi connectivity index (χ3v) is 3.49. The van der Waals surface area contributed by atoms with Crippen LogP contribution in [0.15, 0.2) is 40.3 Å². The topological polar surface area (TPSA) is 98.1 Å². The second-order valence-corrected chi connectivity index (χ2v) is 5.44. The van der Waals surface area contributed by atoms with Gasteiger partial charge in [0.25, 0.3) is 5.56 Å². The molecule has 7 nitrogen and oxygen atoms in total. The molecule has 2 aromatic rings. The van der Waals surface area contributed by atoms with Gasteiger partial charge in [-0.2, -0.15) is 13.2 Å². The number of H-pyrrole nitrogens is 1. The first-order valence-corrected chi connectivity index (χ1v) is 7.43. The average molecular weight is 361 g/mol. The van der Waals surface area contributed by atoms with Crippen molar-refractivity contribution >= 4 is 17.4 Å². The molecule has 1 heterocycles. The number of benzene rings is 1. The molecule has 0 atom stereocenters. The summed E-state index contributed by atoms with van der Waals surface area (Å²) >= 11 is 0.837. The van der Waals surface area contributed by atoms with E-state index < -0.39 is 22.4 Å². The molecular formula is C13H10F3N3O4S. The minimum atomic E-state index is -4.72. The van der Waals surface area contributed by atoms with Gasteiger partial charge < -0.3 is 9.72 Å². The number of hydrogen-bond acceptors (Lipinski definition) is 6. The van der Waals surface area contributed by atoms with Crippen molar-refractivity contribution < 1.29 is 22.8 Å². The number of hydrogen-bond donors (Lipinski definition) is 1. The predicted octanol–water partition coefficient (Wildman–Crippen LogP) is 2.87. The van der Waals surface area contributed by atoms with Gasteiger partial charge >= 0.3 is 11.9 Å². The zero-order valence-electron chi connectivity index (χ0n) is 11.9. The number of halogens is 3. The molecule has 1 N–H and O–H groups in total. The number of ether oxygens (including phenoxy) is 1. The summed E-state index contributed by atoms with van der Waals surface area (Å²) in [5.74, 6) is 0.185. The Balaban J connectivity index is 1.97. The lowest BCUT2D eigenvalue weighted by atomic mass is 10.3. The van der Waals surface area contributed by atoms with Crippen LogP contribution in [0.1, 0.15) is 5.69 Å². The van der Waals surface area contributed by atoms with Crippen LogP contribution in [0, 0.1) is 10.1 Å². The van der Waals surface area contributed by atoms with Gasteiger partial charge in [-0.3, -0.25) is 14.9 Å². The van der Waals surface area contributed by atoms with Crippen molar-refractivity contribution in [2.45, 2.75) is 11.3 Å². The molecule has 0 spiro atoms. The van der Waals surface area contributed by atoms with Gasteiger partial charge in [-0.25, -0.2) is 4.98 Å². The van der Waals surface area contributed by atoms with Crippen LogP contribution in [0.25, 0.3) is 0 Å². The molecule has 0 saturated heterocycles. The number of aromatic nitrogens is 2. The zero-order chi connectivity index (χ0) is 17.7. The lowest BCUT2D eigenvalue weighted by Crippen LogP contribution is -2.17. The molecule has 0 unspecified atom stereocenters. The largest absolute Gasteiger partial charge is 0.486 e. The molecule has 0 aliphatic carbocycles. The molecule has 1 aromatic heterocycles. The second-order valence-electron chi connectivity index (χ2n) is 4.36. The highest BCUT2D eigenvalue weighted by Crippen LogP contribution is 2.28. The third kappa shape index (κ3) is 4.72. The Bertz CT molecular complexity index is 795. The fourth-order valence-corrected chi connectivity index (χ4v) is 2.36. The first-order chi connectivity index (χ1) is 11.3. The Hall–Kier alpha value is -2.56. The smallest absolute Gasteiger partial charge is 0.433 e. The summed E-state index contributed by atoms with van der Waals surface area (Å²) in [7, 11) is 0. The van der Waals surface area contributed by atoms with E-state index in [9.17, 15) is 28.1 Å². The third-order valence-electron chi connectivity index (χ3n) is 2.65. The van der Waals surface area contributed by atoms with E-state index >= 15 is 0 Å². The molecule has 24 heavy (non-hydrogen) atoms. The van der Waals surface area contributed by atoms with Crippen LogP contribution >= 0.6 is 11.8 Å². The molecule has 2 rings (SSSR count). The number of nitrogens with zero attached hydrogens (tertiary/aromatic N) is 2. The number of rotatable bonds is 6. The van der Waals surface area contributed by atoms with Crippen molar-refractivity contribution in [1.29, 1.82) is 0 Å². The van der Waals surface area contributed by atoms with Gasteiger partial charge in [0.2, 0.25) is 0 Å². The Morgan fingerprint density at radius 3 is 2.71 bits per heavy atom. The summed E-state index contributed by atoms with van der Waals surface area (Å²) in [5, 5.41) is 10.6. The Morgan fingerprint density at radius 1 is 1.33 bits per heavy atom. The van der Waals surface area contributed by atoms with Crippen LogP contribution in [0.2, 0.25) is 0 Å².